The smallest absolute Gasteiger partial charge is 0.00419 e. The van der Waals surface area contributed by atoms with Crippen molar-refractivity contribution in [3.8, 4) is 0 Å². The summed E-state index contributed by atoms with van der Waals surface area (Å²) in [4.78, 5) is 0. The van der Waals surface area contributed by atoms with Gasteiger partial charge in [0.1, 0.15) is 0 Å². The molecule has 0 saturated heterocycles. The Morgan fingerprint density at radius 3 is 2.64 bits per heavy atom. The molecule has 1 saturated carbocycles. The first kappa shape index (κ1) is 10.0. The van der Waals surface area contributed by atoms with Crippen LogP contribution in [0.25, 0.3) is 0 Å². The number of rotatable bonds is 3. The van der Waals surface area contributed by atoms with Gasteiger partial charge in [0.15, 0.2) is 0 Å². The molecule has 2 aliphatic rings. The van der Waals surface area contributed by atoms with E-state index in [1.165, 1.54) is 32.1 Å². The largest absolute Gasteiger partial charge is 0.0773 e. The minimum Gasteiger partial charge on any atom is -0.0773 e. The van der Waals surface area contributed by atoms with Crippen molar-refractivity contribution in [1.82, 2.24) is 0 Å². The lowest BCUT2D eigenvalue weighted by molar-refractivity contribution is 0.533. The summed E-state index contributed by atoms with van der Waals surface area (Å²) in [7, 11) is 0. The zero-order valence-electron chi connectivity index (χ0n) is 9.50. The molecule has 0 amide bonds. The zero-order chi connectivity index (χ0) is 9.97. The highest BCUT2D eigenvalue weighted by Crippen LogP contribution is 2.36. The Kier molecular flexibility index (Phi) is 3.10. The standard InChI is InChI=1S/C14H22/c1-11(2)9-12-7-8-14(10-12)13-5-3-4-6-13/h7-8,10-13H,3-6,9H2,1-2H3. The molecule has 0 nitrogen and oxygen atoms in total. The molecule has 2 rings (SSSR count). The molecule has 14 heavy (non-hydrogen) atoms. The summed E-state index contributed by atoms with van der Waals surface area (Å²) < 4.78 is 0. The monoisotopic (exact) mass is 190 g/mol. The van der Waals surface area contributed by atoms with Gasteiger partial charge >= 0.3 is 0 Å². The van der Waals surface area contributed by atoms with Gasteiger partial charge in [0.2, 0.25) is 0 Å². The van der Waals surface area contributed by atoms with E-state index in [4.69, 9.17) is 0 Å². The lowest BCUT2D eigenvalue weighted by Gasteiger charge is -2.10. The first-order chi connectivity index (χ1) is 6.75. The van der Waals surface area contributed by atoms with Crippen LogP contribution in [-0.4, -0.2) is 0 Å². The molecule has 1 atom stereocenters. The Balaban J connectivity index is 1.92. The van der Waals surface area contributed by atoms with Crippen molar-refractivity contribution in [3.05, 3.63) is 23.8 Å². The Morgan fingerprint density at radius 1 is 1.29 bits per heavy atom. The van der Waals surface area contributed by atoms with Crippen molar-refractivity contribution < 1.29 is 0 Å². The highest BCUT2D eigenvalue weighted by molar-refractivity contribution is 5.31. The summed E-state index contributed by atoms with van der Waals surface area (Å²) in [6, 6.07) is 0. The molecule has 78 valence electrons. The molecule has 0 heteroatoms. The van der Waals surface area contributed by atoms with E-state index in [0.717, 1.165) is 17.8 Å². The van der Waals surface area contributed by atoms with Crippen molar-refractivity contribution in [2.45, 2.75) is 46.0 Å². The van der Waals surface area contributed by atoms with Crippen LogP contribution in [0.5, 0.6) is 0 Å². The fraction of sp³-hybridized carbons (Fsp3) is 0.714. The Bertz CT molecular complexity index is 239. The second kappa shape index (κ2) is 4.33. The van der Waals surface area contributed by atoms with Crippen LogP contribution in [0.3, 0.4) is 0 Å². The van der Waals surface area contributed by atoms with Gasteiger partial charge < -0.3 is 0 Å². The molecule has 0 aliphatic heterocycles. The summed E-state index contributed by atoms with van der Waals surface area (Å²) in [6.07, 6.45) is 14.4. The summed E-state index contributed by atoms with van der Waals surface area (Å²) in [5.41, 5.74) is 1.65. The van der Waals surface area contributed by atoms with Gasteiger partial charge in [-0.1, -0.05) is 44.9 Å². The first-order valence-electron chi connectivity index (χ1n) is 6.15. The topological polar surface area (TPSA) is 0 Å². The molecule has 0 N–H and O–H groups in total. The van der Waals surface area contributed by atoms with Gasteiger partial charge in [0.25, 0.3) is 0 Å². The third-order valence-electron chi connectivity index (χ3n) is 3.51. The molecule has 1 fully saturated rings. The molecule has 0 aromatic rings. The number of allylic oxidation sites excluding steroid dienone is 4. The predicted molar refractivity (Wildman–Crippen MR) is 62.1 cm³/mol. The third kappa shape index (κ3) is 2.29. The third-order valence-corrected chi connectivity index (χ3v) is 3.51. The van der Waals surface area contributed by atoms with Gasteiger partial charge in [-0.05, 0) is 42.6 Å². The van der Waals surface area contributed by atoms with E-state index in [1.54, 1.807) is 5.57 Å². The van der Waals surface area contributed by atoms with E-state index < -0.39 is 0 Å². The Hall–Kier alpha value is -0.520. The molecule has 0 spiro atoms. The SMILES string of the molecule is CC(C)CC1C=CC(C2CCCC2)=C1. The quantitative estimate of drug-likeness (QED) is 0.621. The predicted octanol–water partition coefficient (Wildman–Crippen LogP) is 4.34. The lowest BCUT2D eigenvalue weighted by atomic mass is 9.95. The van der Waals surface area contributed by atoms with Crippen LogP contribution in [0.2, 0.25) is 0 Å². The fourth-order valence-corrected chi connectivity index (χ4v) is 2.82. The van der Waals surface area contributed by atoms with Crippen molar-refractivity contribution in [2.24, 2.45) is 17.8 Å². The van der Waals surface area contributed by atoms with Crippen LogP contribution in [0.4, 0.5) is 0 Å². The first-order valence-corrected chi connectivity index (χ1v) is 6.15. The van der Waals surface area contributed by atoms with E-state index in [2.05, 4.69) is 32.1 Å². The highest BCUT2D eigenvalue weighted by Gasteiger charge is 2.21. The van der Waals surface area contributed by atoms with Gasteiger partial charge in [0.05, 0.1) is 0 Å². The van der Waals surface area contributed by atoms with Gasteiger partial charge in [-0.3, -0.25) is 0 Å². The Morgan fingerprint density at radius 2 is 2.00 bits per heavy atom. The van der Waals surface area contributed by atoms with Crippen molar-refractivity contribution in [1.29, 1.82) is 0 Å². The van der Waals surface area contributed by atoms with Crippen LogP contribution >= 0.6 is 0 Å². The minimum atomic E-state index is 0.741. The molecule has 0 aromatic heterocycles. The van der Waals surface area contributed by atoms with E-state index in [-0.39, 0.29) is 0 Å². The van der Waals surface area contributed by atoms with E-state index in [0.29, 0.717) is 0 Å². The van der Waals surface area contributed by atoms with Gasteiger partial charge in [-0.2, -0.15) is 0 Å². The van der Waals surface area contributed by atoms with Crippen LogP contribution in [0.1, 0.15) is 46.0 Å². The molecule has 1 unspecified atom stereocenters. The molecule has 0 radical (unpaired) electrons. The molecule has 2 aliphatic carbocycles. The molecule has 0 heterocycles. The molecular formula is C14H22. The molecular weight excluding hydrogens is 168 g/mol. The molecule has 0 bridgehead atoms. The molecule has 0 aromatic carbocycles. The summed E-state index contributed by atoms with van der Waals surface area (Å²) in [5.74, 6) is 2.47. The van der Waals surface area contributed by atoms with Crippen LogP contribution in [-0.2, 0) is 0 Å². The van der Waals surface area contributed by atoms with Crippen LogP contribution in [0, 0.1) is 17.8 Å². The van der Waals surface area contributed by atoms with Gasteiger partial charge in [-0.15, -0.1) is 0 Å². The minimum absolute atomic E-state index is 0.741. The maximum absolute atomic E-state index is 2.52. The highest BCUT2D eigenvalue weighted by atomic mass is 14.3. The number of hydrogen-bond acceptors (Lipinski definition) is 0. The second-order valence-corrected chi connectivity index (χ2v) is 5.30. The fourth-order valence-electron chi connectivity index (χ4n) is 2.82. The van der Waals surface area contributed by atoms with Crippen LogP contribution in [0.15, 0.2) is 23.8 Å². The summed E-state index contributed by atoms with van der Waals surface area (Å²) in [6.45, 7) is 4.63. The van der Waals surface area contributed by atoms with Gasteiger partial charge in [-0.25, -0.2) is 0 Å². The lowest BCUT2D eigenvalue weighted by Crippen LogP contribution is -1.98. The van der Waals surface area contributed by atoms with Crippen LogP contribution < -0.4 is 0 Å². The number of hydrogen-bond donors (Lipinski definition) is 0. The van der Waals surface area contributed by atoms with Gasteiger partial charge in [0, 0.05) is 0 Å². The van der Waals surface area contributed by atoms with Crippen molar-refractivity contribution in [2.75, 3.05) is 0 Å². The average molecular weight is 190 g/mol. The van der Waals surface area contributed by atoms with E-state index in [9.17, 15) is 0 Å². The van der Waals surface area contributed by atoms with Crippen molar-refractivity contribution >= 4 is 0 Å². The van der Waals surface area contributed by atoms with E-state index in [1.807, 2.05) is 0 Å². The van der Waals surface area contributed by atoms with E-state index >= 15 is 0 Å². The zero-order valence-corrected chi connectivity index (χ0v) is 9.50. The normalized spacial score (nSPS) is 27.6. The summed E-state index contributed by atoms with van der Waals surface area (Å²) in [5, 5.41) is 0. The van der Waals surface area contributed by atoms with Crippen molar-refractivity contribution in [3.63, 3.8) is 0 Å². The maximum Gasteiger partial charge on any atom is -0.00419 e. The second-order valence-electron chi connectivity index (χ2n) is 5.30. The summed E-state index contributed by atoms with van der Waals surface area (Å²) >= 11 is 0. The average Bonchev–Trinajstić information content (AvgIpc) is 2.69. The maximum atomic E-state index is 2.52. The Labute approximate surface area is 88.1 Å².